The van der Waals surface area contributed by atoms with Gasteiger partial charge in [-0.1, -0.05) is 17.7 Å². The summed E-state index contributed by atoms with van der Waals surface area (Å²) in [4.78, 5) is 14.8. The topological polar surface area (TPSA) is 29.5 Å². The van der Waals surface area contributed by atoms with Gasteiger partial charge in [-0.25, -0.2) is 4.79 Å². The van der Waals surface area contributed by atoms with Crippen LogP contribution < -0.4 is 4.90 Å². The Bertz CT molecular complexity index is 580. The van der Waals surface area contributed by atoms with Gasteiger partial charge >= 0.3 is 5.97 Å². The van der Waals surface area contributed by atoms with Gasteiger partial charge in [0.1, 0.15) is 6.61 Å². The SMILES string of the molecule is CN(C)c1cccc(C(=O)OCc2ccc(Cl)s2)c1. The van der Waals surface area contributed by atoms with Gasteiger partial charge in [-0.15, -0.1) is 11.3 Å². The fourth-order valence-corrected chi connectivity index (χ4v) is 2.56. The van der Waals surface area contributed by atoms with Crippen molar-refractivity contribution in [3.63, 3.8) is 0 Å². The first kappa shape index (κ1) is 13.9. The van der Waals surface area contributed by atoms with E-state index in [-0.39, 0.29) is 12.6 Å². The molecular formula is C14H14ClNO2S. The molecule has 3 nitrogen and oxygen atoms in total. The highest BCUT2D eigenvalue weighted by atomic mass is 35.5. The van der Waals surface area contributed by atoms with E-state index in [0.717, 1.165) is 10.6 Å². The van der Waals surface area contributed by atoms with Crippen LogP contribution in [-0.2, 0) is 11.3 Å². The van der Waals surface area contributed by atoms with Crippen molar-refractivity contribution in [1.29, 1.82) is 0 Å². The van der Waals surface area contributed by atoms with Crippen LogP contribution in [0.4, 0.5) is 5.69 Å². The molecule has 0 atom stereocenters. The maximum atomic E-state index is 11.9. The molecular weight excluding hydrogens is 282 g/mol. The number of halogens is 1. The van der Waals surface area contributed by atoms with Gasteiger partial charge < -0.3 is 9.64 Å². The van der Waals surface area contributed by atoms with Crippen LogP contribution in [0.1, 0.15) is 15.2 Å². The van der Waals surface area contributed by atoms with Gasteiger partial charge in [0.05, 0.1) is 9.90 Å². The standard InChI is InChI=1S/C14H14ClNO2S/c1-16(2)11-5-3-4-10(8-11)14(17)18-9-12-6-7-13(15)19-12/h3-8H,9H2,1-2H3. The van der Waals surface area contributed by atoms with Crippen molar-refractivity contribution in [3.8, 4) is 0 Å². The van der Waals surface area contributed by atoms with Crippen LogP contribution in [-0.4, -0.2) is 20.1 Å². The lowest BCUT2D eigenvalue weighted by Gasteiger charge is -2.13. The van der Waals surface area contributed by atoms with E-state index < -0.39 is 0 Å². The molecule has 0 saturated carbocycles. The van der Waals surface area contributed by atoms with E-state index in [1.165, 1.54) is 11.3 Å². The van der Waals surface area contributed by atoms with Crippen LogP contribution in [0.15, 0.2) is 36.4 Å². The molecule has 0 aliphatic heterocycles. The van der Waals surface area contributed by atoms with Gasteiger partial charge in [0.15, 0.2) is 0 Å². The second-order valence-corrected chi connectivity index (χ2v) is 6.03. The normalized spacial score (nSPS) is 10.3. The minimum atomic E-state index is -0.326. The Morgan fingerprint density at radius 1 is 1.32 bits per heavy atom. The molecule has 0 unspecified atom stereocenters. The summed E-state index contributed by atoms with van der Waals surface area (Å²) < 4.78 is 5.95. The molecule has 2 aromatic rings. The molecule has 0 aliphatic carbocycles. The van der Waals surface area contributed by atoms with Crippen molar-refractivity contribution in [2.75, 3.05) is 19.0 Å². The summed E-state index contributed by atoms with van der Waals surface area (Å²) in [6, 6.07) is 11.0. The first-order valence-electron chi connectivity index (χ1n) is 5.75. The van der Waals surface area contributed by atoms with Gasteiger partial charge in [-0.3, -0.25) is 0 Å². The average molecular weight is 296 g/mol. The van der Waals surface area contributed by atoms with Crippen LogP contribution in [0.5, 0.6) is 0 Å². The molecule has 19 heavy (non-hydrogen) atoms. The Morgan fingerprint density at radius 2 is 2.11 bits per heavy atom. The highest BCUT2D eigenvalue weighted by Crippen LogP contribution is 2.22. The van der Waals surface area contributed by atoms with Crippen LogP contribution >= 0.6 is 22.9 Å². The van der Waals surface area contributed by atoms with E-state index in [9.17, 15) is 4.79 Å². The van der Waals surface area contributed by atoms with Gasteiger partial charge in [0.2, 0.25) is 0 Å². The third-order valence-electron chi connectivity index (χ3n) is 2.57. The van der Waals surface area contributed by atoms with Crippen LogP contribution in [0, 0.1) is 0 Å². The fourth-order valence-electron chi connectivity index (χ4n) is 1.56. The average Bonchev–Trinajstić information content (AvgIpc) is 2.82. The number of thiophene rings is 1. The number of hydrogen-bond acceptors (Lipinski definition) is 4. The molecule has 1 heterocycles. The van der Waals surface area contributed by atoms with Crippen molar-refractivity contribution in [1.82, 2.24) is 0 Å². The van der Waals surface area contributed by atoms with Crippen LogP contribution in [0.2, 0.25) is 4.34 Å². The summed E-state index contributed by atoms with van der Waals surface area (Å²) in [6.45, 7) is 0.252. The Labute approximate surface area is 121 Å². The summed E-state index contributed by atoms with van der Waals surface area (Å²) in [7, 11) is 3.86. The summed E-state index contributed by atoms with van der Waals surface area (Å²) in [5.41, 5.74) is 1.52. The third kappa shape index (κ3) is 3.72. The van der Waals surface area contributed by atoms with Gasteiger partial charge in [-0.05, 0) is 30.3 Å². The lowest BCUT2D eigenvalue weighted by atomic mass is 10.2. The Morgan fingerprint density at radius 3 is 2.74 bits per heavy atom. The number of nitrogens with zero attached hydrogens (tertiary/aromatic N) is 1. The van der Waals surface area contributed by atoms with E-state index in [0.29, 0.717) is 9.90 Å². The smallest absolute Gasteiger partial charge is 0.338 e. The maximum absolute atomic E-state index is 11.9. The first-order valence-corrected chi connectivity index (χ1v) is 6.94. The zero-order valence-electron chi connectivity index (χ0n) is 10.7. The van der Waals surface area contributed by atoms with Crippen molar-refractivity contribution < 1.29 is 9.53 Å². The van der Waals surface area contributed by atoms with E-state index >= 15 is 0 Å². The lowest BCUT2D eigenvalue weighted by Crippen LogP contribution is -2.10. The highest BCUT2D eigenvalue weighted by molar-refractivity contribution is 7.16. The molecule has 0 aliphatic rings. The largest absolute Gasteiger partial charge is 0.456 e. The van der Waals surface area contributed by atoms with Crippen molar-refractivity contribution >= 4 is 34.6 Å². The number of carbonyl (C=O) groups is 1. The van der Waals surface area contributed by atoms with E-state index in [1.54, 1.807) is 12.1 Å². The number of carbonyl (C=O) groups excluding carboxylic acids is 1. The van der Waals surface area contributed by atoms with Crippen molar-refractivity contribution in [2.45, 2.75) is 6.61 Å². The van der Waals surface area contributed by atoms with Crippen molar-refractivity contribution in [3.05, 3.63) is 51.2 Å². The number of esters is 1. The molecule has 100 valence electrons. The maximum Gasteiger partial charge on any atom is 0.338 e. The van der Waals surface area contributed by atoms with Crippen LogP contribution in [0.25, 0.3) is 0 Å². The van der Waals surface area contributed by atoms with E-state index in [1.807, 2.05) is 43.3 Å². The summed E-state index contributed by atoms with van der Waals surface area (Å²) >= 11 is 7.23. The summed E-state index contributed by atoms with van der Waals surface area (Å²) in [5, 5.41) is 0. The Kier molecular flexibility index (Phi) is 4.45. The fraction of sp³-hybridized carbons (Fsp3) is 0.214. The zero-order valence-corrected chi connectivity index (χ0v) is 12.3. The summed E-state index contributed by atoms with van der Waals surface area (Å²) in [5.74, 6) is -0.326. The van der Waals surface area contributed by atoms with Crippen molar-refractivity contribution in [2.24, 2.45) is 0 Å². The molecule has 0 fully saturated rings. The number of ether oxygens (including phenoxy) is 1. The number of benzene rings is 1. The molecule has 0 bridgehead atoms. The molecule has 5 heteroatoms. The molecule has 0 saturated heterocycles. The quantitative estimate of drug-likeness (QED) is 0.803. The zero-order chi connectivity index (χ0) is 13.8. The minimum absolute atomic E-state index is 0.252. The predicted octanol–water partition coefficient (Wildman–Crippen LogP) is 3.82. The number of hydrogen-bond donors (Lipinski definition) is 0. The third-order valence-corrected chi connectivity index (χ3v) is 3.78. The molecule has 0 spiro atoms. The van der Waals surface area contributed by atoms with Crippen LogP contribution in [0.3, 0.4) is 0 Å². The first-order chi connectivity index (χ1) is 9.06. The Balaban J connectivity index is 2.01. The van der Waals surface area contributed by atoms with E-state index in [2.05, 4.69) is 0 Å². The minimum Gasteiger partial charge on any atom is -0.456 e. The van der Waals surface area contributed by atoms with E-state index in [4.69, 9.17) is 16.3 Å². The number of rotatable bonds is 4. The molecule has 0 N–H and O–H groups in total. The van der Waals surface area contributed by atoms with Gasteiger partial charge in [-0.2, -0.15) is 0 Å². The monoisotopic (exact) mass is 295 g/mol. The highest BCUT2D eigenvalue weighted by Gasteiger charge is 2.09. The number of anilines is 1. The predicted molar refractivity (Wildman–Crippen MR) is 79.2 cm³/mol. The van der Waals surface area contributed by atoms with Gasteiger partial charge in [0, 0.05) is 24.7 Å². The van der Waals surface area contributed by atoms with Gasteiger partial charge in [0.25, 0.3) is 0 Å². The molecule has 2 rings (SSSR count). The Hall–Kier alpha value is -1.52. The molecule has 0 amide bonds. The lowest BCUT2D eigenvalue weighted by molar-refractivity contribution is 0.0477. The molecule has 0 radical (unpaired) electrons. The summed E-state index contributed by atoms with van der Waals surface area (Å²) in [6.07, 6.45) is 0. The second-order valence-electron chi connectivity index (χ2n) is 4.23. The molecule has 1 aromatic carbocycles. The second kappa shape index (κ2) is 6.08. The molecule has 1 aromatic heterocycles.